The number of nitrogens with two attached hydrogens (primary N) is 1. The van der Waals surface area contributed by atoms with Crippen molar-refractivity contribution in [1.29, 1.82) is 0 Å². The van der Waals surface area contributed by atoms with Crippen LogP contribution >= 0.6 is 0 Å². The Morgan fingerprint density at radius 3 is 2.63 bits per heavy atom. The van der Waals surface area contributed by atoms with Crippen molar-refractivity contribution >= 4 is 29.6 Å². The van der Waals surface area contributed by atoms with E-state index in [4.69, 9.17) is 14.9 Å². The number of anilines is 3. The zero-order valence-electron chi connectivity index (χ0n) is 21.1. The zero-order valence-corrected chi connectivity index (χ0v) is 21.1. The van der Waals surface area contributed by atoms with Gasteiger partial charge in [-0.2, -0.15) is 19.5 Å². The van der Waals surface area contributed by atoms with Gasteiger partial charge in [0.05, 0.1) is 18.9 Å². The van der Waals surface area contributed by atoms with Crippen LogP contribution in [0.15, 0.2) is 35.2 Å². The highest BCUT2D eigenvalue weighted by atomic mass is 16.5. The summed E-state index contributed by atoms with van der Waals surface area (Å²) >= 11 is 0. The van der Waals surface area contributed by atoms with Gasteiger partial charge in [-0.15, -0.1) is 5.10 Å². The molecule has 2 aliphatic rings. The van der Waals surface area contributed by atoms with E-state index in [1.807, 2.05) is 0 Å². The van der Waals surface area contributed by atoms with E-state index in [1.54, 1.807) is 18.4 Å². The lowest BCUT2D eigenvalue weighted by atomic mass is 9.97. The molecule has 0 aliphatic carbocycles. The van der Waals surface area contributed by atoms with Gasteiger partial charge in [0.25, 0.3) is 5.78 Å². The number of fused-ring (bicyclic) bond motifs is 1. The van der Waals surface area contributed by atoms with Crippen LogP contribution in [0.25, 0.3) is 17.4 Å². The summed E-state index contributed by atoms with van der Waals surface area (Å²) in [6, 6.07) is 3.58. The molecule has 1 atom stereocenters. The summed E-state index contributed by atoms with van der Waals surface area (Å²) in [6.45, 7) is 6.22. The number of aromatic nitrogens is 7. The fourth-order valence-corrected chi connectivity index (χ4v) is 5.04. The minimum Gasteiger partial charge on any atom is -0.465 e. The Labute approximate surface area is 218 Å². The lowest BCUT2D eigenvalue weighted by Crippen LogP contribution is -2.50. The maximum Gasteiger partial charge on any atom is 0.341 e. The molecule has 0 bridgehead atoms. The molecule has 14 nitrogen and oxygen atoms in total. The molecule has 2 N–H and O–H groups in total. The number of nitrogen functional groups attached to an aromatic ring is 1. The number of piperidine rings is 1. The molecule has 0 unspecified atom stereocenters. The third-order valence-electron chi connectivity index (χ3n) is 7.00. The van der Waals surface area contributed by atoms with Crippen molar-refractivity contribution in [1.82, 2.24) is 39.4 Å². The van der Waals surface area contributed by atoms with Gasteiger partial charge in [0.2, 0.25) is 23.7 Å². The van der Waals surface area contributed by atoms with E-state index in [1.165, 1.54) is 24.0 Å². The van der Waals surface area contributed by atoms with Gasteiger partial charge in [-0.3, -0.25) is 4.90 Å². The molecule has 0 radical (unpaired) electrons. The van der Waals surface area contributed by atoms with E-state index >= 15 is 0 Å². The van der Waals surface area contributed by atoms with Gasteiger partial charge in [0.1, 0.15) is 0 Å². The van der Waals surface area contributed by atoms with Crippen LogP contribution in [0.2, 0.25) is 0 Å². The van der Waals surface area contributed by atoms with E-state index in [9.17, 15) is 4.79 Å². The van der Waals surface area contributed by atoms with Gasteiger partial charge in [0, 0.05) is 58.2 Å². The first-order valence-corrected chi connectivity index (χ1v) is 12.6. The Balaban J connectivity index is 1.07. The molecule has 198 valence electrons. The molecule has 2 aliphatic heterocycles. The normalized spacial score (nSPS) is 18.7. The maximum absolute atomic E-state index is 11.6. The van der Waals surface area contributed by atoms with Crippen LogP contribution in [0.4, 0.5) is 17.8 Å². The molecule has 0 amide bonds. The summed E-state index contributed by atoms with van der Waals surface area (Å²) in [5.41, 5.74) is 6.56. The molecule has 38 heavy (non-hydrogen) atoms. The molecular weight excluding hydrogens is 490 g/mol. The number of ether oxygens (including phenoxy) is 1. The van der Waals surface area contributed by atoms with Crippen molar-refractivity contribution in [2.75, 3.05) is 68.5 Å². The number of hydrogen-bond acceptors (Lipinski definition) is 13. The standard InChI is InChI=1S/C24H29N11O3/c1-37-20(36)17-12-26-22(27-13-17)33-9-7-32(8-10-33)14-16-4-2-6-34(15-16)23-29-21(25)35-24(30-23)28-19(31-35)18-5-3-11-38-18/h3,5,11-13,16H,2,4,6-10,14-15H2,1H3,(H2,25,28,29,30,31)/t16-/m0/s1. The number of hydrogen-bond donors (Lipinski definition) is 1. The average Bonchev–Trinajstić information content (AvgIpc) is 3.64. The number of piperazine rings is 1. The number of furan rings is 1. The first-order chi connectivity index (χ1) is 18.6. The summed E-state index contributed by atoms with van der Waals surface area (Å²) in [5.74, 6) is 2.90. The minimum absolute atomic E-state index is 0.246. The third kappa shape index (κ3) is 4.81. The number of esters is 1. The van der Waals surface area contributed by atoms with Gasteiger partial charge in [-0.1, -0.05) is 0 Å². The summed E-state index contributed by atoms with van der Waals surface area (Å²) < 4.78 is 11.6. The predicted octanol–water partition coefficient (Wildman–Crippen LogP) is 0.977. The summed E-state index contributed by atoms with van der Waals surface area (Å²) in [4.78, 5) is 40.8. The van der Waals surface area contributed by atoms with Crippen LogP contribution in [0.1, 0.15) is 23.2 Å². The summed E-state index contributed by atoms with van der Waals surface area (Å²) in [6.07, 6.45) is 6.82. The molecule has 6 rings (SSSR count). The third-order valence-corrected chi connectivity index (χ3v) is 7.00. The quantitative estimate of drug-likeness (QED) is 0.360. The molecule has 14 heteroatoms. The Kier molecular flexibility index (Phi) is 6.45. The fourth-order valence-electron chi connectivity index (χ4n) is 5.04. The molecule has 0 spiro atoms. The van der Waals surface area contributed by atoms with Crippen molar-refractivity contribution < 1.29 is 13.9 Å². The van der Waals surface area contributed by atoms with Crippen LogP contribution < -0.4 is 15.5 Å². The van der Waals surface area contributed by atoms with Crippen LogP contribution in [0, 0.1) is 5.92 Å². The highest BCUT2D eigenvalue weighted by Gasteiger charge is 2.27. The second kappa shape index (κ2) is 10.2. The summed E-state index contributed by atoms with van der Waals surface area (Å²) in [5, 5.41) is 4.38. The largest absolute Gasteiger partial charge is 0.465 e. The Hall–Kier alpha value is -4.33. The molecule has 2 fully saturated rings. The lowest BCUT2D eigenvalue weighted by molar-refractivity contribution is 0.0599. The van der Waals surface area contributed by atoms with E-state index in [-0.39, 0.29) is 5.95 Å². The monoisotopic (exact) mass is 519 g/mol. The van der Waals surface area contributed by atoms with Gasteiger partial charge in [0.15, 0.2) is 5.76 Å². The van der Waals surface area contributed by atoms with Gasteiger partial charge in [-0.25, -0.2) is 14.8 Å². The molecule has 2 saturated heterocycles. The number of carbonyl (C=O) groups is 1. The van der Waals surface area contributed by atoms with Crippen LogP contribution in [0.3, 0.4) is 0 Å². The average molecular weight is 520 g/mol. The number of carbonyl (C=O) groups excluding carboxylic acids is 1. The molecular formula is C24H29N11O3. The van der Waals surface area contributed by atoms with Crippen molar-refractivity contribution in [2.45, 2.75) is 12.8 Å². The van der Waals surface area contributed by atoms with Crippen molar-refractivity contribution in [3.8, 4) is 11.6 Å². The Bertz CT molecular complexity index is 1400. The van der Waals surface area contributed by atoms with Crippen LogP contribution in [0.5, 0.6) is 0 Å². The highest BCUT2D eigenvalue weighted by molar-refractivity contribution is 5.88. The van der Waals surface area contributed by atoms with Crippen molar-refractivity contribution in [3.63, 3.8) is 0 Å². The maximum atomic E-state index is 11.6. The van der Waals surface area contributed by atoms with Gasteiger partial charge in [-0.05, 0) is 30.9 Å². The first-order valence-electron chi connectivity index (χ1n) is 12.6. The van der Waals surface area contributed by atoms with Crippen LogP contribution in [-0.2, 0) is 4.74 Å². The molecule has 6 heterocycles. The van der Waals surface area contributed by atoms with Gasteiger partial charge >= 0.3 is 5.97 Å². The lowest BCUT2D eigenvalue weighted by Gasteiger charge is -2.39. The SMILES string of the molecule is COC(=O)c1cnc(N2CCN(C[C@@H]3CCCN(c4nc(N)n5nc(-c6ccco6)nc5n4)C3)CC2)nc1. The van der Waals surface area contributed by atoms with E-state index in [2.05, 4.69) is 44.7 Å². The summed E-state index contributed by atoms with van der Waals surface area (Å²) in [7, 11) is 1.34. The molecule has 0 saturated carbocycles. The minimum atomic E-state index is -0.434. The van der Waals surface area contributed by atoms with E-state index in [0.29, 0.717) is 40.7 Å². The predicted molar refractivity (Wildman–Crippen MR) is 138 cm³/mol. The van der Waals surface area contributed by atoms with E-state index < -0.39 is 5.97 Å². The number of nitrogens with zero attached hydrogens (tertiary/aromatic N) is 10. The van der Waals surface area contributed by atoms with Crippen LogP contribution in [-0.4, -0.2) is 98.3 Å². The zero-order chi connectivity index (χ0) is 26.1. The molecule has 4 aromatic heterocycles. The fraction of sp³-hybridized carbons (Fsp3) is 0.458. The van der Waals surface area contributed by atoms with Crippen molar-refractivity contribution in [2.24, 2.45) is 5.92 Å². The Morgan fingerprint density at radius 1 is 1.08 bits per heavy atom. The highest BCUT2D eigenvalue weighted by Crippen LogP contribution is 2.24. The molecule has 4 aromatic rings. The second-order valence-electron chi connectivity index (χ2n) is 9.51. The molecule has 0 aromatic carbocycles. The smallest absolute Gasteiger partial charge is 0.341 e. The Morgan fingerprint density at radius 2 is 1.89 bits per heavy atom. The second-order valence-corrected chi connectivity index (χ2v) is 9.51. The van der Waals surface area contributed by atoms with E-state index in [0.717, 1.165) is 58.7 Å². The number of methoxy groups -OCH3 is 1. The number of rotatable bonds is 6. The van der Waals surface area contributed by atoms with Gasteiger partial charge < -0.3 is 24.7 Å². The first kappa shape index (κ1) is 24.0. The van der Waals surface area contributed by atoms with Crippen molar-refractivity contribution in [3.05, 3.63) is 36.4 Å². The topological polar surface area (TPSA) is 157 Å².